The Balaban J connectivity index is 1.50. The second kappa shape index (κ2) is 7.65. The summed E-state index contributed by atoms with van der Waals surface area (Å²) in [6.45, 7) is 0. The molecule has 9 heteroatoms. The van der Waals surface area contributed by atoms with Gasteiger partial charge in [-0.2, -0.15) is 0 Å². The number of fused-ring (bicyclic) bond motifs is 1. The van der Waals surface area contributed by atoms with Crippen LogP contribution in [0.15, 0.2) is 64.2 Å². The predicted molar refractivity (Wildman–Crippen MR) is 125 cm³/mol. The molecule has 0 bridgehead atoms. The minimum Gasteiger partial charge on any atom is -0.495 e. The second-order valence-corrected chi connectivity index (χ2v) is 10.6. The number of nitrogens with one attached hydrogen (secondary N) is 3. The maximum Gasteiger partial charge on any atom is 0.227 e. The van der Waals surface area contributed by atoms with E-state index in [1.807, 2.05) is 30.5 Å². The number of halogens is 1. The lowest BCUT2D eigenvalue weighted by Gasteiger charge is -2.14. The van der Waals surface area contributed by atoms with E-state index in [9.17, 15) is 4.21 Å². The molecule has 0 amide bonds. The maximum atomic E-state index is 12.8. The summed E-state index contributed by atoms with van der Waals surface area (Å²) in [5, 5.41) is 4.21. The van der Waals surface area contributed by atoms with Gasteiger partial charge in [-0.1, -0.05) is 18.2 Å². The molecule has 158 valence electrons. The van der Waals surface area contributed by atoms with Crippen molar-refractivity contribution in [1.29, 1.82) is 4.78 Å². The normalized spacial score (nSPS) is 15.5. The maximum absolute atomic E-state index is 12.8. The topological polar surface area (TPSA) is 104 Å². The number of hydrogen-bond acceptors (Lipinski definition) is 6. The first-order valence-corrected chi connectivity index (χ1v) is 12.2. The Morgan fingerprint density at radius 3 is 2.84 bits per heavy atom. The number of anilines is 2. The summed E-state index contributed by atoms with van der Waals surface area (Å²) in [5.74, 6) is 0.904. The molecular formula is C22H20BrN5O2S. The van der Waals surface area contributed by atoms with Gasteiger partial charge in [0, 0.05) is 34.1 Å². The van der Waals surface area contributed by atoms with Crippen LogP contribution in [-0.2, 0) is 9.73 Å². The molecule has 4 aromatic rings. The minimum absolute atomic E-state index is 0.0513. The van der Waals surface area contributed by atoms with Crippen LogP contribution in [0.3, 0.4) is 0 Å². The smallest absolute Gasteiger partial charge is 0.227 e. The van der Waals surface area contributed by atoms with Crippen LogP contribution in [0.2, 0.25) is 0 Å². The lowest BCUT2D eigenvalue weighted by Crippen LogP contribution is -2.06. The van der Waals surface area contributed by atoms with Crippen molar-refractivity contribution in [2.24, 2.45) is 0 Å². The van der Waals surface area contributed by atoms with Crippen LogP contribution in [0.4, 0.5) is 11.6 Å². The Labute approximate surface area is 188 Å². The first kappa shape index (κ1) is 20.0. The molecular weight excluding hydrogens is 478 g/mol. The number of rotatable bonds is 6. The number of H-pyrrole nitrogens is 1. The lowest BCUT2D eigenvalue weighted by atomic mass is 10.1. The number of ether oxygens (including phenoxy) is 1. The average molecular weight is 498 g/mol. The summed E-state index contributed by atoms with van der Waals surface area (Å²) < 4.78 is 27.3. The molecule has 5 rings (SSSR count). The van der Waals surface area contributed by atoms with Gasteiger partial charge >= 0.3 is 0 Å². The Morgan fingerprint density at radius 2 is 2.06 bits per heavy atom. The fourth-order valence-corrected chi connectivity index (χ4v) is 5.70. The summed E-state index contributed by atoms with van der Waals surface area (Å²) in [6.07, 6.45) is 5.32. The summed E-state index contributed by atoms with van der Waals surface area (Å²) in [5.41, 5.74) is 3.40. The molecule has 1 saturated carbocycles. The van der Waals surface area contributed by atoms with Crippen molar-refractivity contribution in [3.8, 4) is 17.0 Å². The molecule has 0 spiro atoms. The predicted octanol–water partition coefficient (Wildman–Crippen LogP) is 5.71. The monoisotopic (exact) mass is 497 g/mol. The van der Waals surface area contributed by atoms with Crippen LogP contribution >= 0.6 is 15.9 Å². The van der Waals surface area contributed by atoms with Crippen molar-refractivity contribution >= 4 is 48.2 Å². The van der Waals surface area contributed by atoms with E-state index in [-0.39, 0.29) is 5.25 Å². The van der Waals surface area contributed by atoms with Crippen LogP contribution in [0.1, 0.15) is 12.8 Å². The average Bonchev–Trinajstić information content (AvgIpc) is 3.56. The Morgan fingerprint density at radius 1 is 1.26 bits per heavy atom. The van der Waals surface area contributed by atoms with Crippen LogP contribution in [0, 0.1) is 4.78 Å². The fourth-order valence-electron chi connectivity index (χ4n) is 3.56. The first-order valence-electron chi connectivity index (χ1n) is 9.79. The highest BCUT2D eigenvalue weighted by atomic mass is 79.9. The quantitative estimate of drug-likeness (QED) is 0.316. The molecule has 2 aromatic heterocycles. The van der Waals surface area contributed by atoms with E-state index < -0.39 is 9.73 Å². The van der Waals surface area contributed by atoms with Crippen LogP contribution in [-0.4, -0.2) is 31.5 Å². The van der Waals surface area contributed by atoms with Gasteiger partial charge in [0.05, 0.1) is 37.6 Å². The number of aromatic amines is 1. The number of para-hydroxylation sites is 1. The van der Waals surface area contributed by atoms with E-state index >= 15 is 0 Å². The van der Waals surface area contributed by atoms with Crippen molar-refractivity contribution in [1.82, 2.24) is 15.0 Å². The third kappa shape index (κ3) is 3.68. The van der Waals surface area contributed by atoms with Gasteiger partial charge in [0.15, 0.2) is 0 Å². The molecule has 0 saturated heterocycles. The van der Waals surface area contributed by atoms with Gasteiger partial charge in [-0.05, 0) is 53.0 Å². The zero-order valence-electron chi connectivity index (χ0n) is 16.7. The Bertz CT molecular complexity index is 1400. The molecule has 7 nitrogen and oxygen atoms in total. The number of nitrogens with zero attached hydrogens (tertiary/aromatic N) is 2. The third-order valence-electron chi connectivity index (χ3n) is 5.35. The van der Waals surface area contributed by atoms with Gasteiger partial charge in [0.1, 0.15) is 5.75 Å². The van der Waals surface area contributed by atoms with Crippen LogP contribution in [0.5, 0.6) is 5.75 Å². The van der Waals surface area contributed by atoms with Gasteiger partial charge in [-0.3, -0.25) is 0 Å². The van der Waals surface area contributed by atoms with Gasteiger partial charge in [-0.15, -0.1) is 0 Å². The molecule has 1 atom stereocenters. The molecule has 2 heterocycles. The highest BCUT2D eigenvalue weighted by Gasteiger charge is 2.34. The van der Waals surface area contributed by atoms with Gasteiger partial charge in [0.2, 0.25) is 5.95 Å². The van der Waals surface area contributed by atoms with Crippen LogP contribution in [0.25, 0.3) is 22.2 Å². The highest BCUT2D eigenvalue weighted by molar-refractivity contribution is 9.10. The second-order valence-electron chi connectivity index (χ2n) is 7.43. The van der Waals surface area contributed by atoms with Gasteiger partial charge in [0.25, 0.3) is 0 Å². The number of benzene rings is 2. The first-order chi connectivity index (χ1) is 15.0. The van der Waals surface area contributed by atoms with E-state index in [1.54, 1.807) is 31.5 Å². The molecule has 0 radical (unpaired) electrons. The lowest BCUT2D eigenvalue weighted by molar-refractivity contribution is 0.415. The Kier molecular flexibility index (Phi) is 4.94. The molecule has 3 N–H and O–H groups in total. The summed E-state index contributed by atoms with van der Waals surface area (Å²) in [4.78, 5) is 12.9. The molecule has 1 aliphatic carbocycles. The molecule has 2 aromatic carbocycles. The van der Waals surface area contributed by atoms with Crippen molar-refractivity contribution in [3.63, 3.8) is 0 Å². The molecule has 1 unspecified atom stereocenters. The van der Waals surface area contributed by atoms with Gasteiger partial charge < -0.3 is 15.0 Å². The summed E-state index contributed by atoms with van der Waals surface area (Å²) in [7, 11) is -1.25. The van der Waals surface area contributed by atoms with Crippen molar-refractivity contribution in [3.05, 3.63) is 59.3 Å². The number of hydrogen-bond donors (Lipinski definition) is 3. The fraction of sp³-hybridized carbons (Fsp3) is 0.182. The van der Waals surface area contributed by atoms with E-state index in [4.69, 9.17) is 14.5 Å². The van der Waals surface area contributed by atoms with Crippen LogP contribution < -0.4 is 10.1 Å². The SMILES string of the molecule is COc1cc(S(=N)(=O)C2CC2)ccc1Nc1ncc(Br)c(-c2c[nH]c3ccccc23)n1. The van der Waals surface area contributed by atoms with Crippen molar-refractivity contribution in [2.45, 2.75) is 23.0 Å². The minimum atomic E-state index is -2.80. The zero-order chi connectivity index (χ0) is 21.6. The zero-order valence-corrected chi connectivity index (χ0v) is 19.1. The largest absolute Gasteiger partial charge is 0.495 e. The van der Waals surface area contributed by atoms with Gasteiger partial charge in [-0.25, -0.2) is 19.0 Å². The summed E-state index contributed by atoms with van der Waals surface area (Å²) >= 11 is 3.56. The third-order valence-corrected chi connectivity index (χ3v) is 8.30. The van der Waals surface area contributed by atoms with Crippen molar-refractivity contribution in [2.75, 3.05) is 12.4 Å². The summed E-state index contributed by atoms with van der Waals surface area (Å²) in [6, 6.07) is 13.2. The van der Waals surface area contributed by atoms with Crippen molar-refractivity contribution < 1.29 is 8.95 Å². The molecule has 0 aliphatic heterocycles. The standard InChI is InChI=1S/C22H20BrN5O2S/c1-30-20-10-14(31(24,29)13-6-7-13)8-9-19(20)27-22-26-12-17(23)21(28-22)16-11-25-18-5-3-2-4-15(16)18/h2-5,8-13,24-25H,6-7H2,1H3,(H,26,27,28). The van der Waals surface area contributed by atoms with E-state index in [2.05, 4.69) is 31.2 Å². The Hall–Kier alpha value is -2.91. The highest BCUT2D eigenvalue weighted by Crippen LogP contribution is 2.38. The van der Waals surface area contributed by atoms with E-state index in [0.29, 0.717) is 22.3 Å². The number of methoxy groups -OCH3 is 1. The van der Waals surface area contributed by atoms with E-state index in [0.717, 1.165) is 39.5 Å². The van der Waals surface area contributed by atoms with E-state index in [1.165, 1.54) is 0 Å². The molecule has 1 aliphatic rings. The number of aromatic nitrogens is 3. The molecule has 1 fully saturated rings. The molecule has 31 heavy (non-hydrogen) atoms.